The summed E-state index contributed by atoms with van der Waals surface area (Å²) in [6, 6.07) is 2.10. The number of hydrogen-bond donors (Lipinski definition) is 2. The van der Waals surface area contributed by atoms with E-state index in [1.807, 2.05) is 0 Å². The zero-order valence-electron chi connectivity index (χ0n) is 11.9. The second kappa shape index (κ2) is 5.85. The van der Waals surface area contributed by atoms with Crippen LogP contribution in [0.25, 0.3) is 0 Å². The van der Waals surface area contributed by atoms with Crippen molar-refractivity contribution in [1.82, 2.24) is 9.88 Å². The van der Waals surface area contributed by atoms with Crippen LogP contribution in [0, 0.1) is 5.92 Å². The van der Waals surface area contributed by atoms with Gasteiger partial charge in [0.05, 0.1) is 5.02 Å². The Labute approximate surface area is 123 Å². The first kappa shape index (κ1) is 14.9. The molecule has 0 spiro atoms. The van der Waals surface area contributed by atoms with Crippen molar-refractivity contribution >= 4 is 23.3 Å². The largest absolute Gasteiger partial charge is 0.409 e. The maximum Gasteiger partial charge on any atom is 0.171 e. The lowest BCUT2D eigenvalue weighted by Gasteiger charge is -2.23. The Morgan fingerprint density at radius 1 is 1.55 bits per heavy atom. The minimum absolute atomic E-state index is 0.00458. The molecule has 1 aliphatic heterocycles. The third kappa shape index (κ3) is 2.66. The Bertz CT molecular complexity index is 519. The Morgan fingerprint density at radius 3 is 2.80 bits per heavy atom. The van der Waals surface area contributed by atoms with E-state index in [0.717, 1.165) is 13.1 Å². The van der Waals surface area contributed by atoms with Gasteiger partial charge in [-0.3, -0.25) is 0 Å². The van der Waals surface area contributed by atoms with Gasteiger partial charge in [-0.15, -0.1) is 0 Å². The summed E-state index contributed by atoms with van der Waals surface area (Å²) in [6.45, 7) is 3.96. The molecule has 1 aromatic heterocycles. The maximum atomic E-state index is 8.79. The highest BCUT2D eigenvalue weighted by atomic mass is 35.5. The fourth-order valence-electron chi connectivity index (χ4n) is 2.70. The van der Waals surface area contributed by atoms with Crippen molar-refractivity contribution in [1.29, 1.82) is 0 Å². The Morgan fingerprint density at radius 2 is 2.25 bits per heavy atom. The van der Waals surface area contributed by atoms with Crippen molar-refractivity contribution < 1.29 is 5.21 Å². The quantitative estimate of drug-likeness (QED) is 0.379. The summed E-state index contributed by atoms with van der Waals surface area (Å²) in [6.07, 6.45) is 1.63. The molecule has 0 radical (unpaired) electrons. The Hall–Kier alpha value is -1.53. The summed E-state index contributed by atoms with van der Waals surface area (Å²) in [5.41, 5.74) is 6.13. The second-order valence-electron chi connectivity index (χ2n) is 5.39. The van der Waals surface area contributed by atoms with Crippen LogP contribution in [-0.4, -0.2) is 54.2 Å². The van der Waals surface area contributed by atoms with Crippen molar-refractivity contribution in [2.45, 2.75) is 13.0 Å². The number of aromatic nitrogens is 1. The van der Waals surface area contributed by atoms with Gasteiger partial charge in [0.15, 0.2) is 5.84 Å². The maximum absolute atomic E-state index is 8.79. The minimum atomic E-state index is -0.00458. The number of anilines is 1. The topological polar surface area (TPSA) is 78.0 Å². The average molecular weight is 298 g/mol. The van der Waals surface area contributed by atoms with Gasteiger partial charge in [-0.1, -0.05) is 23.7 Å². The number of hydrogen-bond acceptors (Lipinski definition) is 5. The van der Waals surface area contributed by atoms with E-state index >= 15 is 0 Å². The van der Waals surface area contributed by atoms with Gasteiger partial charge in [0, 0.05) is 30.9 Å². The van der Waals surface area contributed by atoms with Crippen molar-refractivity contribution in [3.05, 3.63) is 22.8 Å². The van der Waals surface area contributed by atoms with E-state index in [4.69, 9.17) is 22.5 Å². The molecule has 20 heavy (non-hydrogen) atoms. The van der Waals surface area contributed by atoms with Crippen LogP contribution < -0.4 is 10.6 Å². The number of nitrogens with zero attached hydrogens (tertiary/aromatic N) is 4. The number of halogens is 1. The van der Waals surface area contributed by atoms with Crippen LogP contribution in [0.3, 0.4) is 0 Å². The van der Waals surface area contributed by atoms with Crippen LogP contribution in [0.1, 0.15) is 12.5 Å². The van der Waals surface area contributed by atoms with E-state index in [9.17, 15) is 0 Å². The zero-order chi connectivity index (χ0) is 14.9. The van der Waals surface area contributed by atoms with Gasteiger partial charge >= 0.3 is 0 Å². The molecular weight excluding hydrogens is 278 g/mol. The van der Waals surface area contributed by atoms with E-state index < -0.39 is 0 Å². The van der Waals surface area contributed by atoms with Crippen molar-refractivity contribution in [2.75, 3.05) is 32.1 Å². The first-order chi connectivity index (χ1) is 9.45. The second-order valence-corrected chi connectivity index (χ2v) is 5.77. The molecule has 110 valence electrons. The summed E-state index contributed by atoms with van der Waals surface area (Å²) in [5.74, 6) is 1.21. The number of amidine groups is 1. The van der Waals surface area contributed by atoms with Crippen molar-refractivity contribution in [3.8, 4) is 0 Å². The highest BCUT2D eigenvalue weighted by Crippen LogP contribution is 2.31. The van der Waals surface area contributed by atoms with Gasteiger partial charge in [0.25, 0.3) is 0 Å². The normalized spacial score (nSPS) is 23.6. The molecule has 2 heterocycles. The van der Waals surface area contributed by atoms with Gasteiger partial charge in [-0.25, -0.2) is 4.98 Å². The molecule has 1 fully saturated rings. The molecule has 1 aliphatic rings. The van der Waals surface area contributed by atoms with Crippen LogP contribution in [0.2, 0.25) is 5.02 Å². The van der Waals surface area contributed by atoms with Crippen molar-refractivity contribution in [2.24, 2.45) is 16.8 Å². The Balaban J connectivity index is 2.31. The van der Waals surface area contributed by atoms with E-state index in [1.165, 1.54) is 0 Å². The van der Waals surface area contributed by atoms with Gasteiger partial charge in [-0.2, -0.15) is 0 Å². The molecule has 7 heteroatoms. The summed E-state index contributed by atoms with van der Waals surface area (Å²) in [4.78, 5) is 8.71. The molecule has 0 amide bonds. The van der Waals surface area contributed by atoms with Crippen molar-refractivity contribution in [3.63, 3.8) is 0 Å². The van der Waals surface area contributed by atoms with E-state index in [-0.39, 0.29) is 5.84 Å². The first-order valence-electron chi connectivity index (χ1n) is 6.49. The minimum Gasteiger partial charge on any atom is -0.409 e. The molecule has 0 aromatic carbocycles. The number of oxime groups is 1. The molecular formula is C13H20ClN5O. The molecule has 6 nitrogen and oxygen atoms in total. The monoisotopic (exact) mass is 297 g/mol. The lowest BCUT2D eigenvalue weighted by Crippen LogP contribution is -2.34. The van der Waals surface area contributed by atoms with Gasteiger partial charge in [-0.05, 0) is 26.1 Å². The van der Waals surface area contributed by atoms with Crippen LogP contribution in [0.15, 0.2) is 17.4 Å². The molecule has 0 aliphatic carbocycles. The van der Waals surface area contributed by atoms with E-state index in [0.29, 0.717) is 28.4 Å². The summed E-state index contributed by atoms with van der Waals surface area (Å²) >= 11 is 6.35. The SMILES string of the molecule is CC1CN(c2nccc(/C(N)=N/O)c2Cl)CC1N(C)C. The zero-order valence-corrected chi connectivity index (χ0v) is 12.7. The first-order valence-corrected chi connectivity index (χ1v) is 6.87. The van der Waals surface area contributed by atoms with Crippen LogP contribution >= 0.6 is 11.6 Å². The lowest BCUT2D eigenvalue weighted by atomic mass is 10.1. The molecule has 1 aromatic rings. The fraction of sp³-hybridized carbons (Fsp3) is 0.538. The summed E-state index contributed by atoms with van der Waals surface area (Å²) in [7, 11) is 4.15. The predicted molar refractivity (Wildman–Crippen MR) is 80.6 cm³/mol. The number of nitrogens with two attached hydrogens (primary N) is 1. The highest BCUT2D eigenvalue weighted by Gasteiger charge is 2.33. The molecule has 0 saturated carbocycles. The van der Waals surface area contributed by atoms with Gasteiger partial charge in [0.1, 0.15) is 5.82 Å². The lowest BCUT2D eigenvalue weighted by molar-refractivity contribution is 0.266. The molecule has 1 saturated heterocycles. The number of rotatable bonds is 3. The third-order valence-corrected chi connectivity index (χ3v) is 4.16. The van der Waals surface area contributed by atoms with Crippen LogP contribution in [-0.2, 0) is 0 Å². The standard InChI is InChI=1S/C13H20ClN5O/c1-8-6-19(7-10(8)18(2)3)13-11(14)9(4-5-16-13)12(15)17-20/h4-5,8,10,20H,6-7H2,1-3H3,(H2,15,17). The summed E-state index contributed by atoms with van der Waals surface area (Å²) in [5, 5.41) is 12.2. The van der Waals surface area contributed by atoms with Gasteiger partial charge < -0.3 is 20.7 Å². The fourth-order valence-corrected chi connectivity index (χ4v) is 3.03. The van der Waals surface area contributed by atoms with E-state index in [2.05, 4.69) is 41.0 Å². The van der Waals surface area contributed by atoms with Gasteiger partial charge in [0.2, 0.25) is 0 Å². The molecule has 3 N–H and O–H groups in total. The third-order valence-electron chi connectivity index (χ3n) is 3.79. The highest BCUT2D eigenvalue weighted by molar-refractivity contribution is 6.36. The van der Waals surface area contributed by atoms with Crippen LogP contribution in [0.4, 0.5) is 5.82 Å². The predicted octanol–water partition coefficient (Wildman–Crippen LogP) is 1.22. The molecule has 0 bridgehead atoms. The smallest absolute Gasteiger partial charge is 0.171 e. The average Bonchev–Trinajstić information content (AvgIpc) is 2.80. The molecule has 2 atom stereocenters. The van der Waals surface area contributed by atoms with Crippen LogP contribution in [0.5, 0.6) is 0 Å². The number of likely N-dealkylation sites (N-methyl/N-ethyl adjacent to an activating group) is 1. The Kier molecular flexibility index (Phi) is 4.35. The van der Waals surface area contributed by atoms with E-state index in [1.54, 1.807) is 12.3 Å². The summed E-state index contributed by atoms with van der Waals surface area (Å²) < 4.78 is 0. The molecule has 2 unspecified atom stereocenters. The molecule has 2 rings (SSSR count). The number of pyridine rings is 1.